The van der Waals surface area contributed by atoms with Crippen molar-refractivity contribution in [3.8, 4) is 0 Å². The van der Waals surface area contributed by atoms with Gasteiger partial charge >= 0.3 is 23.1 Å². The number of tetrazole rings is 1. The second-order valence-electron chi connectivity index (χ2n) is 6.99. The highest BCUT2D eigenvalue weighted by Crippen LogP contribution is 2.64. The first-order chi connectivity index (χ1) is 13.4. The number of benzene rings is 1. The molecule has 11 heteroatoms. The first kappa shape index (κ1) is 18.4. The monoisotopic (exact) mass is 387 g/mol. The largest absolute Gasteiger partial charge is 0.672 e. The number of β-lactam (4-membered cyclic amide) rings is 1. The fourth-order valence-corrected chi connectivity index (χ4v) is 4.16. The van der Waals surface area contributed by atoms with Crippen LogP contribution in [0.2, 0.25) is 0 Å². The van der Waals surface area contributed by atoms with Gasteiger partial charge < -0.3 is 20.6 Å². The normalized spacial score (nSPS) is 26.8. The molecule has 0 saturated carbocycles. The van der Waals surface area contributed by atoms with E-state index in [4.69, 9.17) is 4.74 Å². The SMILES string of the molecule is CCCN1C(=O)[C@]2([C@@H](C)O)[N+](=[N-])[C@@]12n1c(COCc2ccccc2)nn[n+]1[O-]. The number of nitrogens with zero attached hydrogens (tertiary/aromatic N) is 7. The Bertz CT molecular complexity index is 931. The minimum Gasteiger partial charge on any atom is -0.672 e. The number of likely N-dealkylation sites (tertiary alicyclic amines) is 1. The Balaban J connectivity index is 1.64. The van der Waals surface area contributed by atoms with Crippen LogP contribution in [0.1, 0.15) is 31.7 Å². The molecule has 28 heavy (non-hydrogen) atoms. The Hall–Kier alpha value is -2.92. The summed E-state index contributed by atoms with van der Waals surface area (Å²) in [5.41, 5.74) is 9.90. The van der Waals surface area contributed by atoms with Crippen molar-refractivity contribution in [1.29, 1.82) is 0 Å². The Labute approximate surface area is 160 Å². The summed E-state index contributed by atoms with van der Waals surface area (Å²) in [5, 5.41) is 30.0. The highest BCUT2D eigenvalue weighted by Gasteiger charge is 3.04. The second kappa shape index (κ2) is 6.31. The molecular formula is C17H21N7O4. The van der Waals surface area contributed by atoms with Gasteiger partial charge in [0.05, 0.1) is 11.7 Å². The van der Waals surface area contributed by atoms with Crippen LogP contribution in [0, 0.1) is 5.21 Å². The third-order valence-corrected chi connectivity index (χ3v) is 5.38. The van der Waals surface area contributed by atoms with E-state index in [1.54, 1.807) is 0 Å². The maximum atomic E-state index is 12.7. The summed E-state index contributed by atoms with van der Waals surface area (Å²) >= 11 is 0. The molecule has 0 bridgehead atoms. The Kier molecular flexibility index (Phi) is 4.16. The van der Waals surface area contributed by atoms with E-state index in [-0.39, 0.29) is 17.4 Å². The number of aliphatic hydroxyl groups is 1. The van der Waals surface area contributed by atoms with E-state index < -0.39 is 23.3 Å². The average molecular weight is 387 g/mol. The summed E-state index contributed by atoms with van der Waals surface area (Å²) in [7, 11) is 0. The first-order valence-electron chi connectivity index (χ1n) is 9.09. The maximum Gasteiger partial charge on any atom is 0.430 e. The summed E-state index contributed by atoms with van der Waals surface area (Å²) in [6.45, 7) is 3.80. The number of carbonyl (C=O) groups is 1. The van der Waals surface area contributed by atoms with E-state index >= 15 is 0 Å². The molecule has 2 fully saturated rings. The summed E-state index contributed by atoms with van der Waals surface area (Å²) in [5.74, 6) is -1.86. The van der Waals surface area contributed by atoms with Crippen LogP contribution in [0.5, 0.6) is 0 Å². The van der Waals surface area contributed by atoms with Gasteiger partial charge in [-0.3, -0.25) is 4.79 Å². The Morgan fingerprint density at radius 2 is 2.07 bits per heavy atom. The van der Waals surface area contributed by atoms with Crippen molar-refractivity contribution in [2.45, 2.75) is 50.9 Å². The fraction of sp³-hybridized carbons (Fsp3) is 0.529. The van der Waals surface area contributed by atoms with Crippen LogP contribution in [-0.2, 0) is 28.5 Å². The predicted molar refractivity (Wildman–Crippen MR) is 91.9 cm³/mol. The molecule has 1 amide bonds. The smallest absolute Gasteiger partial charge is 0.430 e. The van der Waals surface area contributed by atoms with E-state index in [9.17, 15) is 20.6 Å². The zero-order chi connectivity index (χ0) is 20.1. The molecule has 4 rings (SSSR count). The summed E-state index contributed by atoms with van der Waals surface area (Å²) in [6.07, 6.45) is -0.600. The molecule has 148 valence electrons. The van der Waals surface area contributed by atoms with Crippen LogP contribution < -0.4 is 4.96 Å². The summed E-state index contributed by atoms with van der Waals surface area (Å²) in [4.78, 5) is 14.2. The maximum absolute atomic E-state index is 12.7. The van der Waals surface area contributed by atoms with Crippen LogP contribution in [0.25, 0.3) is 5.53 Å². The van der Waals surface area contributed by atoms with Gasteiger partial charge in [-0.05, 0) is 23.9 Å². The van der Waals surface area contributed by atoms with E-state index in [0.717, 1.165) is 10.2 Å². The van der Waals surface area contributed by atoms with Crippen LogP contribution in [0.3, 0.4) is 0 Å². The van der Waals surface area contributed by atoms with Crippen molar-refractivity contribution in [2.75, 3.05) is 6.54 Å². The number of hydrogen-bond donors (Lipinski definition) is 1. The van der Waals surface area contributed by atoms with Gasteiger partial charge in [-0.25, -0.2) is 9.60 Å². The lowest BCUT2D eigenvalue weighted by atomic mass is 9.88. The van der Waals surface area contributed by atoms with Gasteiger partial charge in [0.15, 0.2) is 5.21 Å². The van der Waals surface area contributed by atoms with Gasteiger partial charge in [0, 0.05) is 6.54 Å². The van der Waals surface area contributed by atoms with Crippen LogP contribution in [-0.4, -0.2) is 53.8 Å². The lowest BCUT2D eigenvalue weighted by molar-refractivity contribution is -0.773. The van der Waals surface area contributed by atoms with Gasteiger partial charge in [0.2, 0.25) is 0 Å². The molecule has 2 aliphatic rings. The van der Waals surface area contributed by atoms with Crippen molar-refractivity contribution in [3.05, 3.63) is 52.5 Å². The van der Waals surface area contributed by atoms with Crippen molar-refractivity contribution < 1.29 is 24.3 Å². The first-order valence-corrected chi connectivity index (χ1v) is 9.09. The number of rotatable bonds is 8. The van der Waals surface area contributed by atoms with Gasteiger partial charge in [0.25, 0.3) is 0 Å². The summed E-state index contributed by atoms with van der Waals surface area (Å²) < 4.78 is 7.43. The number of aromatic nitrogens is 4. The van der Waals surface area contributed by atoms with Crippen LogP contribution >= 0.6 is 0 Å². The molecule has 1 aromatic heterocycles. The van der Waals surface area contributed by atoms with Crippen molar-refractivity contribution >= 4 is 5.91 Å². The van der Waals surface area contributed by atoms with E-state index in [1.165, 1.54) is 11.8 Å². The molecule has 0 spiro atoms. The minimum absolute atomic E-state index is 0.0588. The molecule has 3 heterocycles. The number of amides is 1. The number of ether oxygens (including phenoxy) is 1. The molecule has 3 atom stereocenters. The van der Waals surface area contributed by atoms with Gasteiger partial charge in [-0.1, -0.05) is 41.9 Å². The van der Waals surface area contributed by atoms with Gasteiger partial charge in [0.1, 0.15) is 12.7 Å². The molecule has 0 aliphatic carbocycles. The minimum atomic E-state index is -1.62. The fourth-order valence-electron chi connectivity index (χ4n) is 4.16. The van der Waals surface area contributed by atoms with Crippen LogP contribution in [0.15, 0.2) is 30.3 Å². The van der Waals surface area contributed by atoms with Crippen LogP contribution in [0.4, 0.5) is 0 Å². The molecule has 0 radical (unpaired) electrons. The molecule has 2 aromatic rings. The van der Waals surface area contributed by atoms with E-state index in [2.05, 4.69) is 10.3 Å². The number of carbonyl (C=O) groups excluding carboxylic acids is 1. The van der Waals surface area contributed by atoms with Gasteiger partial charge in [-0.2, -0.15) is 0 Å². The highest BCUT2D eigenvalue weighted by atomic mass is 16.5. The van der Waals surface area contributed by atoms with Crippen molar-refractivity contribution in [1.82, 2.24) is 19.9 Å². The number of hydrogen-bond acceptors (Lipinski definition) is 6. The molecule has 11 nitrogen and oxygen atoms in total. The number of fused-ring (bicyclic) bond motifs is 1. The van der Waals surface area contributed by atoms with Gasteiger partial charge in [-0.15, -0.1) is 0 Å². The topological polar surface area (TPSA) is 133 Å². The highest BCUT2D eigenvalue weighted by molar-refractivity contribution is 5.97. The standard InChI is InChI=1S/C17H21N7O4/c1-3-9-21-15(26)16(12(2)25)17(21,23(16)18)22-14(19-20-24(22)27)11-28-10-13-7-5-4-6-8-13/h4-8,12,25H,3,9-11H2,1-2H3/t12-,16+,17-/m1/s1. The van der Waals surface area contributed by atoms with Crippen molar-refractivity contribution in [3.63, 3.8) is 0 Å². The zero-order valence-electron chi connectivity index (χ0n) is 15.6. The molecule has 1 aromatic carbocycles. The Morgan fingerprint density at radius 3 is 2.68 bits per heavy atom. The number of aliphatic hydroxyl groups excluding tert-OH is 1. The summed E-state index contributed by atoms with van der Waals surface area (Å²) in [6, 6.07) is 9.48. The molecular weight excluding hydrogens is 366 g/mol. The average Bonchev–Trinajstić information content (AvgIpc) is 2.95. The molecule has 2 saturated heterocycles. The Morgan fingerprint density at radius 1 is 1.36 bits per heavy atom. The lowest BCUT2D eigenvalue weighted by Crippen LogP contribution is -2.72. The molecule has 2 aliphatic heterocycles. The molecule has 1 N–H and O–H groups in total. The third-order valence-electron chi connectivity index (χ3n) is 5.38. The molecule has 0 unspecified atom stereocenters. The van der Waals surface area contributed by atoms with E-state index in [1.807, 2.05) is 37.3 Å². The van der Waals surface area contributed by atoms with Crippen molar-refractivity contribution in [2.24, 2.45) is 0 Å². The van der Waals surface area contributed by atoms with E-state index in [0.29, 0.717) is 24.3 Å². The second-order valence-corrected chi connectivity index (χ2v) is 6.99. The lowest BCUT2D eigenvalue weighted by Gasteiger charge is -2.35. The predicted octanol–water partition coefficient (Wildman–Crippen LogP) is -0.342. The quantitative estimate of drug-likeness (QED) is 0.285. The zero-order valence-corrected chi connectivity index (χ0v) is 15.6. The third kappa shape index (κ3) is 2.05.